The fourth-order valence-electron chi connectivity index (χ4n) is 2.22. The van der Waals surface area contributed by atoms with Crippen molar-refractivity contribution in [1.82, 2.24) is 5.32 Å². The Hall–Kier alpha value is -1.10. The molecule has 1 atom stereocenters. The van der Waals surface area contributed by atoms with Gasteiger partial charge in [0.2, 0.25) is 0 Å². The number of halogens is 3. The van der Waals surface area contributed by atoms with Gasteiger partial charge in [-0.1, -0.05) is 33.6 Å². The topological polar surface area (TPSA) is 21.3 Å². The zero-order valence-corrected chi connectivity index (χ0v) is 14.1. The fourth-order valence-corrected chi connectivity index (χ4v) is 2.93. The molecule has 2 aromatic rings. The van der Waals surface area contributed by atoms with Gasteiger partial charge in [-0.25, -0.2) is 4.39 Å². The first-order chi connectivity index (χ1) is 10.0. The van der Waals surface area contributed by atoms with Crippen LogP contribution in [0.2, 0.25) is 5.02 Å². The number of ether oxygens (including phenoxy) is 1. The van der Waals surface area contributed by atoms with Crippen molar-refractivity contribution in [1.29, 1.82) is 0 Å². The molecule has 1 unspecified atom stereocenters. The molecule has 0 saturated carbocycles. The highest BCUT2D eigenvalue weighted by Gasteiger charge is 2.15. The Labute approximate surface area is 137 Å². The third kappa shape index (κ3) is 3.96. The number of methoxy groups -OCH3 is 1. The Bertz CT molecular complexity index is 636. The minimum Gasteiger partial charge on any atom is -0.494 e. The van der Waals surface area contributed by atoms with Crippen molar-refractivity contribution in [2.75, 3.05) is 14.2 Å². The van der Waals surface area contributed by atoms with Crippen molar-refractivity contribution in [2.24, 2.45) is 0 Å². The van der Waals surface area contributed by atoms with E-state index >= 15 is 0 Å². The second-order valence-electron chi connectivity index (χ2n) is 4.68. The maximum Gasteiger partial charge on any atom is 0.165 e. The summed E-state index contributed by atoms with van der Waals surface area (Å²) in [5, 5.41) is 3.92. The normalized spacial score (nSPS) is 12.2. The molecule has 0 aromatic heterocycles. The van der Waals surface area contributed by atoms with E-state index in [1.165, 1.54) is 13.2 Å². The molecule has 0 spiro atoms. The smallest absolute Gasteiger partial charge is 0.165 e. The van der Waals surface area contributed by atoms with Crippen molar-refractivity contribution >= 4 is 27.5 Å². The van der Waals surface area contributed by atoms with Gasteiger partial charge in [-0.05, 0) is 54.9 Å². The third-order valence-electron chi connectivity index (χ3n) is 3.34. The second kappa shape index (κ2) is 7.25. The van der Waals surface area contributed by atoms with E-state index < -0.39 is 0 Å². The summed E-state index contributed by atoms with van der Waals surface area (Å²) in [4.78, 5) is 0. The Morgan fingerprint density at radius 2 is 2.05 bits per heavy atom. The van der Waals surface area contributed by atoms with Gasteiger partial charge in [0.1, 0.15) is 0 Å². The number of likely N-dealkylation sites (N-methyl/N-ethyl adjacent to an activating group) is 1. The van der Waals surface area contributed by atoms with Crippen LogP contribution in [0.4, 0.5) is 4.39 Å². The van der Waals surface area contributed by atoms with Gasteiger partial charge in [-0.15, -0.1) is 0 Å². The van der Waals surface area contributed by atoms with Crippen molar-refractivity contribution in [2.45, 2.75) is 12.5 Å². The lowest BCUT2D eigenvalue weighted by Crippen LogP contribution is -2.19. The van der Waals surface area contributed by atoms with Crippen molar-refractivity contribution in [3.63, 3.8) is 0 Å². The summed E-state index contributed by atoms with van der Waals surface area (Å²) in [7, 11) is 3.33. The van der Waals surface area contributed by atoms with E-state index in [0.717, 1.165) is 15.6 Å². The first-order valence-corrected chi connectivity index (χ1v) is 7.67. The van der Waals surface area contributed by atoms with Gasteiger partial charge in [-0.2, -0.15) is 0 Å². The molecule has 0 aliphatic rings. The number of hydrogen-bond acceptors (Lipinski definition) is 2. The largest absolute Gasteiger partial charge is 0.494 e. The second-order valence-corrected chi connectivity index (χ2v) is 5.97. The molecule has 0 aliphatic carbocycles. The Morgan fingerprint density at radius 3 is 2.67 bits per heavy atom. The van der Waals surface area contributed by atoms with E-state index in [1.807, 2.05) is 31.3 Å². The molecular weight excluding hydrogens is 357 g/mol. The van der Waals surface area contributed by atoms with Crippen LogP contribution in [0.3, 0.4) is 0 Å². The van der Waals surface area contributed by atoms with Crippen LogP contribution in [-0.4, -0.2) is 14.2 Å². The number of hydrogen-bond donors (Lipinski definition) is 1. The summed E-state index contributed by atoms with van der Waals surface area (Å²) in [6.07, 6.45) is 0.649. The molecule has 2 rings (SSSR count). The zero-order chi connectivity index (χ0) is 15.4. The zero-order valence-electron chi connectivity index (χ0n) is 11.8. The molecule has 0 bridgehead atoms. The van der Waals surface area contributed by atoms with Crippen LogP contribution in [0.25, 0.3) is 0 Å². The molecule has 21 heavy (non-hydrogen) atoms. The lowest BCUT2D eigenvalue weighted by atomic mass is 9.99. The maximum absolute atomic E-state index is 13.8. The summed E-state index contributed by atoms with van der Waals surface area (Å²) in [5.41, 5.74) is 1.93. The average molecular weight is 373 g/mol. The first-order valence-electron chi connectivity index (χ1n) is 6.49. The Kier molecular flexibility index (Phi) is 5.62. The quantitative estimate of drug-likeness (QED) is 0.817. The molecule has 0 saturated heterocycles. The molecule has 0 amide bonds. The van der Waals surface area contributed by atoms with Gasteiger partial charge in [0, 0.05) is 15.5 Å². The monoisotopic (exact) mass is 371 g/mol. The molecule has 0 aliphatic heterocycles. The summed E-state index contributed by atoms with van der Waals surface area (Å²) >= 11 is 9.59. The minimum absolute atomic E-state index is 0.0332. The number of rotatable bonds is 5. The average Bonchev–Trinajstić information content (AvgIpc) is 2.47. The van der Waals surface area contributed by atoms with Crippen LogP contribution in [0.1, 0.15) is 17.2 Å². The molecule has 0 heterocycles. The highest BCUT2D eigenvalue weighted by molar-refractivity contribution is 9.10. The van der Waals surface area contributed by atoms with Crippen LogP contribution in [0, 0.1) is 5.82 Å². The number of benzene rings is 2. The van der Waals surface area contributed by atoms with Crippen LogP contribution in [0.5, 0.6) is 5.75 Å². The van der Waals surface area contributed by atoms with Gasteiger partial charge >= 0.3 is 0 Å². The Morgan fingerprint density at radius 1 is 1.29 bits per heavy atom. The summed E-state index contributed by atoms with van der Waals surface area (Å²) in [6.45, 7) is 0. The minimum atomic E-state index is -0.352. The first kappa shape index (κ1) is 16.3. The maximum atomic E-state index is 13.8. The van der Waals surface area contributed by atoms with Crippen LogP contribution in [0.15, 0.2) is 40.9 Å². The molecule has 1 N–H and O–H groups in total. The summed E-state index contributed by atoms with van der Waals surface area (Å²) < 4.78 is 19.7. The van der Waals surface area contributed by atoms with Crippen molar-refractivity contribution in [3.05, 3.63) is 62.8 Å². The van der Waals surface area contributed by atoms with Crippen molar-refractivity contribution < 1.29 is 9.13 Å². The molecule has 2 aromatic carbocycles. The van der Waals surface area contributed by atoms with E-state index in [4.69, 9.17) is 16.3 Å². The number of nitrogens with one attached hydrogen (secondary N) is 1. The van der Waals surface area contributed by atoms with Crippen LogP contribution in [-0.2, 0) is 6.42 Å². The van der Waals surface area contributed by atoms with E-state index in [1.54, 1.807) is 6.07 Å². The van der Waals surface area contributed by atoms with Crippen molar-refractivity contribution in [3.8, 4) is 5.75 Å². The molecule has 5 heteroatoms. The molecule has 0 fully saturated rings. The van der Waals surface area contributed by atoms with E-state index in [-0.39, 0.29) is 17.6 Å². The highest BCUT2D eigenvalue weighted by Crippen LogP contribution is 2.29. The Balaban J connectivity index is 2.26. The molecule has 112 valence electrons. The van der Waals surface area contributed by atoms with E-state index in [0.29, 0.717) is 11.4 Å². The molecular formula is C16H16BrClFNO. The van der Waals surface area contributed by atoms with Crippen LogP contribution >= 0.6 is 27.5 Å². The highest BCUT2D eigenvalue weighted by atomic mass is 79.9. The van der Waals surface area contributed by atoms with Gasteiger partial charge < -0.3 is 10.1 Å². The van der Waals surface area contributed by atoms with Crippen LogP contribution < -0.4 is 10.1 Å². The predicted molar refractivity (Wildman–Crippen MR) is 87.6 cm³/mol. The summed E-state index contributed by atoms with van der Waals surface area (Å²) in [6, 6.07) is 10.7. The third-order valence-corrected chi connectivity index (χ3v) is 4.30. The predicted octanol–water partition coefficient (Wildman–Crippen LogP) is 4.75. The molecule has 0 radical (unpaired) electrons. The van der Waals surface area contributed by atoms with Gasteiger partial charge in [0.15, 0.2) is 11.6 Å². The van der Waals surface area contributed by atoms with E-state index in [9.17, 15) is 4.39 Å². The van der Waals surface area contributed by atoms with Gasteiger partial charge in [0.05, 0.1) is 7.11 Å². The fraction of sp³-hybridized carbons (Fsp3) is 0.250. The molecule has 2 nitrogen and oxygen atoms in total. The summed E-state index contributed by atoms with van der Waals surface area (Å²) in [5.74, 6) is -0.0984. The lowest BCUT2D eigenvalue weighted by molar-refractivity contribution is 0.386. The van der Waals surface area contributed by atoms with Gasteiger partial charge in [-0.3, -0.25) is 0 Å². The van der Waals surface area contributed by atoms with E-state index in [2.05, 4.69) is 21.2 Å². The van der Waals surface area contributed by atoms with Gasteiger partial charge in [0.25, 0.3) is 0 Å². The SMILES string of the molecule is CNC(Cc1ccc(OC)c(F)c1)c1cc(Cl)ccc1Br. The standard InChI is InChI=1S/C16H16BrClFNO/c1-20-15(12-9-11(18)4-5-13(12)17)8-10-3-6-16(21-2)14(19)7-10/h3-7,9,15,20H,8H2,1-2H3. The lowest BCUT2D eigenvalue weighted by Gasteiger charge is -2.19.